The molecule has 0 saturated heterocycles. The highest BCUT2D eigenvalue weighted by atomic mass is 16.5. The lowest BCUT2D eigenvalue weighted by molar-refractivity contribution is 0.467. The maximum atomic E-state index is 5.90. The molecule has 1 aromatic carbocycles. The summed E-state index contributed by atoms with van der Waals surface area (Å²) >= 11 is 0. The smallest absolute Gasteiger partial charge is 0.231 e. The summed E-state index contributed by atoms with van der Waals surface area (Å²) in [5.41, 5.74) is 3.64. The number of aromatic amines is 1. The zero-order valence-electron chi connectivity index (χ0n) is 10.4. The molecular weight excluding hydrogens is 238 g/mol. The minimum absolute atomic E-state index is 0.601. The van der Waals surface area contributed by atoms with Crippen LogP contribution in [0, 0.1) is 0 Å². The van der Waals surface area contributed by atoms with E-state index in [4.69, 9.17) is 4.74 Å². The molecule has 94 valence electrons. The van der Waals surface area contributed by atoms with Crippen LogP contribution < -0.4 is 4.74 Å². The van der Waals surface area contributed by atoms with Gasteiger partial charge in [-0.1, -0.05) is 6.07 Å². The number of H-pyrrole nitrogens is 1. The summed E-state index contributed by atoms with van der Waals surface area (Å²) < 4.78 is 5.90. The van der Waals surface area contributed by atoms with Crippen molar-refractivity contribution >= 4 is 11.0 Å². The van der Waals surface area contributed by atoms with Crippen molar-refractivity contribution in [1.82, 2.24) is 15.0 Å². The van der Waals surface area contributed by atoms with Gasteiger partial charge in [-0.2, -0.15) is 0 Å². The standard InChI is InChI=1S/C15H13N3O/c1-2-10-4-5-12(8-11(10)3-1)19-15-13-6-7-16-14(13)17-9-18-15/h4-9H,1-3H2,(H,16,17,18). The number of nitrogens with one attached hydrogen (secondary N) is 1. The Labute approximate surface area is 110 Å². The second-order valence-corrected chi connectivity index (χ2v) is 4.80. The zero-order valence-corrected chi connectivity index (χ0v) is 10.4. The molecule has 1 N–H and O–H groups in total. The predicted octanol–water partition coefficient (Wildman–Crippen LogP) is 3.24. The van der Waals surface area contributed by atoms with E-state index in [9.17, 15) is 0 Å². The third kappa shape index (κ3) is 1.76. The average Bonchev–Trinajstić information content (AvgIpc) is 3.06. The van der Waals surface area contributed by atoms with Crippen LogP contribution in [-0.4, -0.2) is 15.0 Å². The number of hydrogen-bond acceptors (Lipinski definition) is 3. The van der Waals surface area contributed by atoms with Crippen molar-refractivity contribution in [3.8, 4) is 11.6 Å². The zero-order chi connectivity index (χ0) is 12.7. The van der Waals surface area contributed by atoms with Gasteiger partial charge in [0.25, 0.3) is 0 Å². The normalized spacial score (nSPS) is 13.7. The van der Waals surface area contributed by atoms with E-state index < -0.39 is 0 Å². The van der Waals surface area contributed by atoms with Crippen molar-refractivity contribution in [3.63, 3.8) is 0 Å². The summed E-state index contributed by atoms with van der Waals surface area (Å²) in [6, 6.07) is 8.24. The number of rotatable bonds is 2. The Hall–Kier alpha value is -2.36. The van der Waals surface area contributed by atoms with Crippen LogP contribution in [0.4, 0.5) is 0 Å². The Balaban J connectivity index is 1.73. The average molecular weight is 251 g/mol. The summed E-state index contributed by atoms with van der Waals surface area (Å²) in [5.74, 6) is 1.45. The molecule has 0 radical (unpaired) electrons. The van der Waals surface area contributed by atoms with Gasteiger partial charge in [0.2, 0.25) is 5.88 Å². The van der Waals surface area contributed by atoms with Crippen LogP contribution in [0.15, 0.2) is 36.8 Å². The molecule has 2 heterocycles. The van der Waals surface area contributed by atoms with Crippen LogP contribution in [0.2, 0.25) is 0 Å². The van der Waals surface area contributed by atoms with Crippen LogP contribution in [-0.2, 0) is 12.8 Å². The SMILES string of the molecule is c1nc(Oc2ccc3c(c2)CCC3)c2cc[nH]c2n1. The number of aromatic nitrogens is 3. The molecule has 0 spiro atoms. The number of fused-ring (bicyclic) bond motifs is 2. The fourth-order valence-corrected chi connectivity index (χ4v) is 2.65. The van der Waals surface area contributed by atoms with E-state index in [1.165, 1.54) is 30.3 Å². The van der Waals surface area contributed by atoms with E-state index >= 15 is 0 Å². The predicted molar refractivity (Wildman–Crippen MR) is 72.4 cm³/mol. The van der Waals surface area contributed by atoms with Gasteiger partial charge in [-0.25, -0.2) is 9.97 Å². The van der Waals surface area contributed by atoms with Gasteiger partial charge in [0.05, 0.1) is 5.39 Å². The monoisotopic (exact) mass is 251 g/mol. The summed E-state index contributed by atoms with van der Waals surface area (Å²) in [5, 5.41) is 0.906. The van der Waals surface area contributed by atoms with Crippen LogP contribution in [0.3, 0.4) is 0 Å². The van der Waals surface area contributed by atoms with E-state index in [0.717, 1.165) is 23.2 Å². The molecule has 4 rings (SSSR count). The molecule has 0 bridgehead atoms. The number of hydrogen-bond donors (Lipinski definition) is 1. The highest BCUT2D eigenvalue weighted by Crippen LogP contribution is 2.30. The van der Waals surface area contributed by atoms with E-state index in [1.807, 2.05) is 18.3 Å². The Morgan fingerprint density at radius 2 is 2.00 bits per heavy atom. The molecular formula is C15H13N3O. The third-order valence-corrected chi connectivity index (χ3v) is 3.60. The highest BCUT2D eigenvalue weighted by Gasteiger charge is 2.12. The first kappa shape index (κ1) is 10.6. The second-order valence-electron chi connectivity index (χ2n) is 4.80. The Kier molecular flexibility index (Phi) is 2.27. The second kappa shape index (κ2) is 4.09. The number of aryl methyl sites for hydroxylation is 2. The molecule has 0 atom stereocenters. The molecule has 1 aliphatic rings. The van der Waals surface area contributed by atoms with Crippen LogP contribution in [0.5, 0.6) is 11.6 Å². The topological polar surface area (TPSA) is 50.8 Å². The van der Waals surface area contributed by atoms with E-state index in [2.05, 4.69) is 27.1 Å². The maximum Gasteiger partial charge on any atom is 0.231 e. The van der Waals surface area contributed by atoms with Gasteiger partial charge in [-0.3, -0.25) is 0 Å². The molecule has 0 aliphatic heterocycles. The van der Waals surface area contributed by atoms with Crippen molar-refractivity contribution in [2.24, 2.45) is 0 Å². The Morgan fingerprint density at radius 3 is 3.00 bits per heavy atom. The first-order chi connectivity index (χ1) is 9.40. The molecule has 4 heteroatoms. The molecule has 4 nitrogen and oxygen atoms in total. The van der Waals surface area contributed by atoms with E-state index in [-0.39, 0.29) is 0 Å². The highest BCUT2D eigenvalue weighted by molar-refractivity contribution is 5.80. The lowest BCUT2D eigenvalue weighted by Gasteiger charge is -2.07. The van der Waals surface area contributed by atoms with Crippen molar-refractivity contribution in [2.45, 2.75) is 19.3 Å². The number of benzene rings is 1. The van der Waals surface area contributed by atoms with Crippen molar-refractivity contribution < 1.29 is 4.74 Å². The minimum atomic E-state index is 0.601. The van der Waals surface area contributed by atoms with Crippen molar-refractivity contribution in [1.29, 1.82) is 0 Å². The van der Waals surface area contributed by atoms with Gasteiger partial charge in [-0.15, -0.1) is 0 Å². The molecule has 2 aromatic heterocycles. The summed E-state index contributed by atoms with van der Waals surface area (Å²) in [4.78, 5) is 11.4. The first-order valence-corrected chi connectivity index (χ1v) is 6.48. The van der Waals surface area contributed by atoms with Gasteiger partial charge in [-0.05, 0) is 48.6 Å². The van der Waals surface area contributed by atoms with Gasteiger partial charge >= 0.3 is 0 Å². The number of ether oxygens (including phenoxy) is 1. The Morgan fingerprint density at radius 1 is 1.05 bits per heavy atom. The molecule has 3 aromatic rings. The molecule has 1 aliphatic carbocycles. The summed E-state index contributed by atoms with van der Waals surface area (Å²) in [6.07, 6.45) is 6.94. The van der Waals surface area contributed by atoms with E-state index in [1.54, 1.807) is 0 Å². The molecule has 0 unspecified atom stereocenters. The minimum Gasteiger partial charge on any atom is -0.438 e. The lowest BCUT2D eigenvalue weighted by atomic mass is 10.1. The molecule has 0 amide bonds. The van der Waals surface area contributed by atoms with E-state index in [0.29, 0.717) is 5.88 Å². The number of nitrogens with zero attached hydrogens (tertiary/aromatic N) is 2. The quantitative estimate of drug-likeness (QED) is 0.760. The molecule has 19 heavy (non-hydrogen) atoms. The fraction of sp³-hybridized carbons (Fsp3) is 0.200. The van der Waals surface area contributed by atoms with Crippen LogP contribution in [0.1, 0.15) is 17.5 Å². The lowest BCUT2D eigenvalue weighted by Crippen LogP contribution is -1.91. The molecule has 0 saturated carbocycles. The fourth-order valence-electron chi connectivity index (χ4n) is 2.65. The largest absolute Gasteiger partial charge is 0.438 e. The maximum absolute atomic E-state index is 5.90. The van der Waals surface area contributed by atoms with Gasteiger partial charge in [0.1, 0.15) is 17.7 Å². The van der Waals surface area contributed by atoms with Crippen molar-refractivity contribution in [3.05, 3.63) is 47.9 Å². The van der Waals surface area contributed by atoms with Gasteiger partial charge in [0, 0.05) is 6.20 Å². The first-order valence-electron chi connectivity index (χ1n) is 6.48. The van der Waals surface area contributed by atoms with Gasteiger partial charge < -0.3 is 9.72 Å². The van der Waals surface area contributed by atoms with Crippen LogP contribution in [0.25, 0.3) is 11.0 Å². The summed E-state index contributed by atoms with van der Waals surface area (Å²) in [7, 11) is 0. The third-order valence-electron chi connectivity index (χ3n) is 3.60. The van der Waals surface area contributed by atoms with Crippen molar-refractivity contribution in [2.75, 3.05) is 0 Å². The Bertz CT molecular complexity index is 748. The summed E-state index contributed by atoms with van der Waals surface area (Å²) in [6.45, 7) is 0. The van der Waals surface area contributed by atoms with Gasteiger partial charge in [0.15, 0.2) is 0 Å². The molecule has 0 fully saturated rings. The van der Waals surface area contributed by atoms with Crippen LogP contribution >= 0.6 is 0 Å².